The number of halogens is 3. The number of nitrogens with one attached hydrogen (secondary N) is 4. The van der Waals surface area contributed by atoms with Crippen LogP contribution >= 0.6 is 0 Å². The number of rotatable bonds is 24. The largest absolute Gasteiger partial charge is 0.490 e. The molecule has 0 spiro atoms. The molecule has 18 nitrogen and oxygen atoms in total. The van der Waals surface area contributed by atoms with Gasteiger partial charge in [-0.05, 0) is 98.7 Å². The first-order valence-electron chi connectivity index (χ1n) is 22.6. The molecular weight excluding hydrogens is 896 g/mol. The molecule has 0 bridgehead atoms. The van der Waals surface area contributed by atoms with E-state index in [0.29, 0.717) is 29.5 Å². The van der Waals surface area contributed by atoms with Crippen LogP contribution in [0.2, 0.25) is 0 Å². The van der Waals surface area contributed by atoms with Crippen molar-refractivity contribution in [3.8, 4) is 0 Å². The van der Waals surface area contributed by atoms with Gasteiger partial charge >= 0.3 is 24.2 Å². The van der Waals surface area contributed by atoms with Crippen LogP contribution < -0.4 is 27.0 Å². The van der Waals surface area contributed by atoms with E-state index in [1.165, 1.54) is 18.9 Å². The number of hydrogen-bond donors (Lipinski definition) is 6. The number of amides is 6. The number of hydrogen-bond acceptors (Lipinski definition) is 12. The lowest BCUT2D eigenvalue weighted by atomic mass is 9.99. The number of nitrogen functional groups attached to an aromatic ring is 1. The van der Waals surface area contributed by atoms with Gasteiger partial charge in [-0.15, -0.1) is 5.06 Å². The number of benzene rings is 2. The number of nitrogens with two attached hydrogens (primary N) is 1. The molecule has 2 atom stereocenters. The molecule has 2 aromatic carbocycles. The molecule has 7 N–H and O–H groups in total. The Labute approximate surface area is 392 Å². The van der Waals surface area contributed by atoms with Gasteiger partial charge in [0.15, 0.2) is 0 Å². The standard InChI is InChI=1S/C45H61N7O9.C2HF3O2/c1-5-6-8-15-33-27-35-32(16-13-17-36(35)50-42(33)46)14-9-7-12-26-47-45(59)60-28-31-20-22-34(23-21-31)49-43(57)30(4)48-44(58)41(29(2)3)51-37(53)18-10-11-19-40(56)61-52-38(54)24-25-39(52)55;3-2(4,5)1(6)7/h13,16-17,20-23,27,29-30,41H,5-12,14-15,18-19,24-26,28H2,1-4H3,(H2,46,50)(H,47,59)(H,48,58)(H,49,57)(H,51,53);(H,6,7)/t30-,41-;/m0./s1. The third-order valence-electron chi connectivity index (χ3n) is 10.6. The molecule has 1 saturated heterocycles. The number of nitrogens with zero attached hydrogens (tertiary/aromatic N) is 2. The van der Waals surface area contributed by atoms with Gasteiger partial charge in [0.1, 0.15) is 24.5 Å². The number of imide groups is 1. The van der Waals surface area contributed by atoms with E-state index in [0.717, 1.165) is 67.0 Å². The fourth-order valence-corrected chi connectivity index (χ4v) is 6.75. The molecule has 0 saturated carbocycles. The molecule has 372 valence electrons. The van der Waals surface area contributed by atoms with Crippen LogP contribution in [0.15, 0.2) is 48.5 Å². The van der Waals surface area contributed by atoms with E-state index in [-0.39, 0.29) is 44.6 Å². The number of aliphatic carboxylic acids is 1. The summed E-state index contributed by atoms with van der Waals surface area (Å²) >= 11 is 0. The summed E-state index contributed by atoms with van der Waals surface area (Å²) in [4.78, 5) is 105. The summed E-state index contributed by atoms with van der Waals surface area (Å²) in [6.45, 7) is 7.77. The van der Waals surface area contributed by atoms with Gasteiger partial charge in [0.25, 0.3) is 11.8 Å². The quantitative estimate of drug-likeness (QED) is 0.0410. The highest BCUT2D eigenvalue weighted by atomic mass is 19.4. The van der Waals surface area contributed by atoms with E-state index in [4.69, 9.17) is 25.2 Å². The maximum Gasteiger partial charge on any atom is 0.490 e. The molecule has 21 heteroatoms. The lowest BCUT2D eigenvalue weighted by Crippen LogP contribution is -2.53. The number of hydroxylamine groups is 2. The first kappa shape index (κ1) is 55.5. The van der Waals surface area contributed by atoms with E-state index in [1.54, 1.807) is 38.1 Å². The minimum absolute atomic E-state index is 0.00131. The molecule has 1 aromatic heterocycles. The number of pyridine rings is 1. The summed E-state index contributed by atoms with van der Waals surface area (Å²) in [6, 6.07) is 13.3. The molecule has 1 aliphatic heterocycles. The van der Waals surface area contributed by atoms with Gasteiger partial charge < -0.3 is 41.7 Å². The Morgan fingerprint density at radius 3 is 2.09 bits per heavy atom. The van der Waals surface area contributed by atoms with E-state index in [2.05, 4.69) is 45.3 Å². The van der Waals surface area contributed by atoms with Crippen LogP contribution in [-0.4, -0.2) is 87.5 Å². The number of unbranched alkanes of at least 4 members (excludes halogenated alkanes) is 5. The van der Waals surface area contributed by atoms with Crippen LogP contribution in [0, 0.1) is 5.92 Å². The van der Waals surface area contributed by atoms with Gasteiger partial charge in [0, 0.05) is 43.3 Å². The van der Waals surface area contributed by atoms with Crippen LogP contribution in [0.25, 0.3) is 10.9 Å². The number of carboxylic acid groups (broad SMARTS) is 1. The van der Waals surface area contributed by atoms with Gasteiger partial charge in [-0.1, -0.05) is 64.3 Å². The van der Waals surface area contributed by atoms with Gasteiger partial charge in [-0.2, -0.15) is 13.2 Å². The summed E-state index contributed by atoms with van der Waals surface area (Å²) in [7, 11) is 0. The first-order chi connectivity index (χ1) is 32.2. The number of ether oxygens (including phenoxy) is 1. The number of carbonyl (C=O) groups excluding carboxylic acids is 7. The number of aromatic nitrogens is 1. The van der Waals surface area contributed by atoms with Crippen molar-refractivity contribution in [2.24, 2.45) is 5.92 Å². The second-order valence-electron chi connectivity index (χ2n) is 16.5. The highest BCUT2D eigenvalue weighted by Crippen LogP contribution is 2.25. The Morgan fingerprint density at radius 2 is 1.46 bits per heavy atom. The number of aryl methyl sites for hydroxylation is 2. The van der Waals surface area contributed by atoms with Crippen LogP contribution in [0.5, 0.6) is 0 Å². The molecule has 0 unspecified atom stereocenters. The Kier molecular flexibility index (Phi) is 22.7. The maximum absolute atomic E-state index is 13.1. The van der Waals surface area contributed by atoms with E-state index in [1.807, 2.05) is 12.1 Å². The SMILES string of the molecule is CCCCCc1cc2c(CCCCCNC(=O)OCc3ccc(NC(=O)[C@H](C)NC(=O)[C@@H](NC(=O)CCCCC(=O)ON4C(=O)CCC4=O)C(C)C)cc3)cccc2nc1N.O=C(O)C(F)(F)F. The molecule has 2 heterocycles. The molecule has 4 rings (SSSR count). The number of alkyl carbamates (subject to hydrolysis) is 1. The number of fused-ring (bicyclic) bond motifs is 1. The fraction of sp³-hybridized carbons (Fsp3) is 0.511. The molecule has 3 aromatic rings. The van der Waals surface area contributed by atoms with Gasteiger partial charge in [-0.25, -0.2) is 19.4 Å². The average Bonchev–Trinajstić information content (AvgIpc) is 3.59. The lowest BCUT2D eigenvalue weighted by molar-refractivity contribution is -0.197. The summed E-state index contributed by atoms with van der Waals surface area (Å²) < 4.78 is 37.1. The zero-order valence-electron chi connectivity index (χ0n) is 38.8. The molecular formula is C47H62F3N7O11. The molecule has 6 amide bonds. The zero-order valence-corrected chi connectivity index (χ0v) is 38.8. The maximum atomic E-state index is 13.1. The van der Waals surface area contributed by atoms with Crippen molar-refractivity contribution >= 4 is 70.0 Å². The number of anilines is 2. The van der Waals surface area contributed by atoms with Crippen LogP contribution in [0.3, 0.4) is 0 Å². The molecule has 1 fully saturated rings. The Hall–Kier alpha value is -6.80. The average molecular weight is 958 g/mol. The van der Waals surface area contributed by atoms with Gasteiger partial charge in [0.2, 0.25) is 17.7 Å². The van der Waals surface area contributed by atoms with Crippen molar-refractivity contribution in [1.82, 2.24) is 26.0 Å². The second kappa shape index (κ2) is 27.7. The van der Waals surface area contributed by atoms with E-state index < -0.39 is 65.8 Å². The number of carboxylic acids is 1. The predicted octanol–water partition coefficient (Wildman–Crippen LogP) is 6.57. The Morgan fingerprint density at radius 1 is 0.824 bits per heavy atom. The third-order valence-corrected chi connectivity index (χ3v) is 10.6. The number of alkyl halides is 3. The Bertz CT molecular complexity index is 2210. The van der Waals surface area contributed by atoms with Crippen molar-refractivity contribution in [2.45, 2.75) is 142 Å². The third kappa shape index (κ3) is 19.2. The van der Waals surface area contributed by atoms with E-state index in [9.17, 15) is 46.7 Å². The molecule has 0 radical (unpaired) electrons. The normalized spacial score (nSPS) is 13.3. The van der Waals surface area contributed by atoms with Crippen LogP contribution in [0.1, 0.15) is 121 Å². The smallest absolute Gasteiger partial charge is 0.475 e. The Balaban J connectivity index is 0.00000162. The minimum Gasteiger partial charge on any atom is -0.475 e. The van der Waals surface area contributed by atoms with Crippen LogP contribution in [0.4, 0.5) is 29.5 Å². The highest BCUT2D eigenvalue weighted by Gasteiger charge is 2.38. The van der Waals surface area contributed by atoms with Gasteiger partial charge in [0.05, 0.1) is 5.52 Å². The summed E-state index contributed by atoms with van der Waals surface area (Å²) in [5.41, 5.74) is 10.7. The van der Waals surface area contributed by atoms with Crippen molar-refractivity contribution in [2.75, 3.05) is 17.6 Å². The van der Waals surface area contributed by atoms with E-state index >= 15 is 0 Å². The molecule has 68 heavy (non-hydrogen) atoms. The first-order valence-corrected chi connectivity index (χ1v) is 22.6. The highest BCUT2D eigenvalue weighted by molar-refractivity contribution is 6.01. The molecule has 1 aliphatic rings. The van der Waals surface area contributed by atoms with Crippen molar-refractivity contribution in [1.29, 1.82) is 0 Å². The summed E-state index contributed by atoms with van der Waals surface area (Å²) in [5.74, 6) is -5.72. The van der Waals surface area contributed by atoms with Gasteiger partial charge in [-0.3, -0.25) is 24.0 Å². The van der Waals surface area contributed by atoms with Crippen LogP contribution in [-0.2, 0) is 62.6 Å². The zero-order chi connectivity index (χ0) is 50.4. The van der Waals surface area contributed by atoms with Crippen molar-refractivity contribution in [3.05, 3.63) is 65.2 Å². The predicted molar refractivity (Wildman–Crippen MR) is 244 cm³/mol. The minimum atomic E-state index is -5.08. The lowest BCUT2D eigenvalue weighted by Gasteiger charge is -2.24. The van der Waals surface area contributed by atoms with Crippen molar-refractivity contribution < 1.29 is 66.2 Å². The second-order valence-corrected chi connectivity index (χ2v) is 16.5. The fourth-order valence-electron chi connectivity index (χ4n) is 6.75. The summed E-state index contributed by atoms with van der Waals surface area (Å²) in [6.07, 6.45) is 2.90. The molecule has 0 aliphatic carbocycles. The monoisotopic (exact) mass is 957 g/mol. The number of carbonyl (C=O) groups is 8. The van der Waals surface area contributed by atoms with Crippen molar-refractivity contribution in [3.63, 3.8) is 0 Å². The summed E-state index contributed by atoms with van der Waals surface area (Å²) in [5, 5.41) is 19.7. The topological polar surface area (TPSA) is 266 Å².